The summed E-state index contributed by atoms with van der Waals surface area (Å²) >= 11 is 0. The maximum atomic E-state index is 13.9. The van der Waals surface area contributed by atoms with Crippen LogP contribution in [0.25, 0.3) is 0 Å². The third kappa shape index (κ3) is 2.79. The van der Waals surface area contributed by atoms with Crippen LogP contribution in [0.2, 0.25) is 0 Å². The van der Waals surface area contributed by atoms with E-state index in [1.165, 1.54) is 32.4 Å². The number of benzene rings is 2. The van der Waals surface area contributed by atoms with E-state index in [0.717, 1.165) is 12.1 Å². The maximum Gasteiger partial charge on any atom is 0.199 e. The Bertz CT molecular complexity index is 678. The molecule has 4 nitrogen and oxygen atoms in total. The van der Waals surface area contributed by atoms with Crippen molar-refractivity contribution in [3.05, 3.63) is 53.1 Å². The van der Waals surface area contributed by atoms with Crippen molar-refractivity contribution in [2.24, 2.45) is 0 Å². The Kier molecular flexibility index (Phi) is 4.07. The van der Waals surface area contributed by atoms with Crippen molar-refractivity contribution < 1.29 is 23.0 Å². The van der Waals surface area contributed by atoms with Crippen molar-refractivity contribution in [2.75, 3.05) is 20.0 Å². The van der Waals surface area contributed by atoms with Gasteiger partial charge < -0.3 is 15.2 Å². The Hall–Kier alpha value is -2.63. The molecule has 6 heteroatoms. The highest BCUT2D eigenvalue weighted by atomic mass is 19.1. The summed E-state index contributed by atoms with van der Waals surface area (Å²) in [4.78, 5) is 12.2. The lowest BCUT2D eigenvalue weighted by Gasteiger charge is -2.09. The number of carbonyl (C=O) groups is 1. The minimum absolute atomic E-state index is 0.00389. The molecule has 0 aliphatic carbocycles. The number of hydrogen-bond acceptors (Lipinski definition) is 4. The SMILES string of the molecule is COc1cc(F)c(C(=O)c2ccc(OC)c(N)c2)c(F)c1. The number of carbonyl (C=O) groups excluding carboxylic acids is 1. The summed E-state index contributed by atoms with van der Waals surface area (Å²) in [7, 11) is 2.70. The molecule has 0 unspecified atom stereocenters. The molecule has 0 spiro atoms. The third-order valence-corrected chi connectivity index (χ3v) is 2.97. The predicted molar refractivity (Wildman–Crippen MR) is 73.7 cm³/mol. The van der Waals surface area contributed by atoms with E-state index in [1.807, 2.05) is 0 Å². The van der Waals surface area contributed by atoms with Gasteiger partial charge in [-0.2, -0.15) is 0 Å². The number of ether oxygens (including phenoxy) is 2. The van der Waals surface area contributed by atoms with Crippen LogP contribution in [-0.2, 0) is 0 Å². The summed E-state index contributed by atoms with van der Waals surface area (Å²) in [6.07, 6.45) is 0. The number of methoxy groups -OCH3 is 2. The Morgan fingerprint density at radius 2 is 1.67 bits per heavy atom. The molecule has 2 aromatic rings. The van der Waals surface area contributed by atoms with E-state index < -0.39 is 23.0 Å². The third-order valence-electron chi connectivity index (χ3n) is 2.97. The number of ketones is 1. The lowest BCUT2D eigenvalue weighted by molar-refractivity contribution is 0.103. The molecule has 0 aliphatic heterocycles. The molecule has 0 saturated heterocycles. The van der Waals surface area contributed by atoms with Crippen molar-refractivity contribution >= 4 is 11.5 Å². The summed E-state index contributed by atoms with van der Waals surface area (Å²) in [5.41, 5.74) is 5.30. The van der Waals surface area contributed by atoms with Gasteiger partial charge in [0.1, 0.15) is 23.1 Å². The normalized spacial score (nSPS) is 10.3. The second-order valence-electron chi connectivity index (χ2n) is 4.25. The molecule has 0 aromatic heterocycles. The van der Waals surface area contributed by atoms with Crippen LogP contribution in [-0.4, -0.2) is 20.0 Å². The second-order valence-corrected chi connectivity index (χ2v) is 4.25. The molecular weight excluding hydrogens is 280 g/mol. The van der Waals surface area contributed by atoms with Gasteiger partial charge >= 0.3 is 0 Å². The Labute approximate surface area is 120 Å². The predicted octanol–water partition coefficient (Wildman–Crippen LogP) is 2.80. The molecule has 2 aromatic carbocycles. The van der Waals surface area contributed by atoms with Crippen molar-refractivity contribution in [2.45, 2.75) is 0 Å². The fraction of sp³-hybridized carbons (Fsp3) is 0.133. The summed E-state index contributed by atoms with van der Waals surface area (Å²) in [5, 5.41) is 0. The van der Waals surface area contributed by atoms with Crippen LogP contribution in [0.1, 0.15) is 15.9 Å². The minimum atomic E-state index is -0.994. The van der Waals surface area contributed by atoms with Crippen LogP contribution < -0.4 is 15.2 Å². The number of nitrogens with two attached hydrogens (primary N) is 1. The number of anilines is 1. The van der Waals surface area contributed by atoms with Crippen LogP contribution in [0, 0.1) is 11.6 Å². The monoisotopic (exact) mass is 293 g/mol. The van der Waals surface area contributed by atoms with Gasteiger partial charge in [-0.25, -0.2) is 8.78 Å². The lowest BCUT2D eigenvalue weighted by Crippen LogP contribution is -2.09. The highest BCUT2D eigenvalue weighted by molar-refractivity contribution is 6.10. The first-order valence-electron chi connectivity index (χ1n) is 5.99. The molecule has 0 amide bonds. The van der Waals surface area contributed by atoms with E-state index in [2.05, 4.69) is 0 Å². The van der Waals surface area contributed by atoms with E-state index >= 15 is 0 Å². The van der Waals surface area contributed by atoms with Gasteiger partial charge in [-0.3, -0.25) is 4.79 Å². The van der Waals surface area contributed by atoms with E-state index in [1.54, 1.807) is 0 Å². The van der Waals surface area contributed by atoms with Crippen LogP contribution in [0.5, 0.6) is 11.5 Å². The largest absolute Gasteiger partial charge is 0.497 e. The van der Waals surface area contributed by atoms with Crippen molar-refractivity contribution in [1.29, 1.82) is 0 Å². The van der Waals surface area contributed by atoms with Crippen LogP contribution >= 0.6 is 0 Å². The molecule has 2 N–H and O–H groups in total. The first kappa shape index (κ1) is 14.8. The van der Waals surface area contributed by atoms with E-state index in [4.69, 9.17) is 15.2 Å². The first-order chi connectivity index (χ1) is 9.97. The van der Waals surface area contributed by atoms with Gasteiger partial charge in [0.15, 0.2) is 5.78 Å². The van der Waals surface area contributed by atoms with Gasteiger partial charge in [-0.1, -0.05) is 0 Å². The second kappa shape index (κ2) is 5.78. The Morgan fingerprint density at radius 1 is 1.05 bits per heavy atom. The average Bonchev–Trinajstić information content (AvgIpc) is 2.46. The zero-order chi connectivity index (χ0) is 15.6. The van der Waals surface area contributed by atoms with Crippen LogP contribution in [0.15, 0.2) is 30.3 Å². The molecule has 0 aliphatic rings. The van der Waals surface area contributed by atoms with Gasteiger partial charge in [0, 0.05) is 17.7 Å². The molecule has 0 saturated carbocycles. The van der Waals surface area contributed by atoms with E-state index in [-0.39, 0.29) is 17.0 Å². The molecule has 0 heterocycles. The number of nitrogen functional groups attached to an aromatic ring is 1. The van der Waals surface area contributed by atoms with Gasteiger partial charge in [-0.15, -0.1) is 0 Å². The summed E-state index contributed by atoms with van der Waals surface area (Å²) < 4.78 is 37.5. The molecule has 0 bridgehead atoms. The molecule has 110 valence electrons. The standard InChI is InChI=1S/C15H13F2NO3/c1-20-9-6-10(16)14(11(17)7-9)15(19)8-3-4-13(21-2)12(18)5-8/h3-7H,18H2,1-2H3. The molecule has 0 fully saturated rings. The fourth-order valence-electron chi connectivity index (χ4n) is 1.90. The fourth-order valence-corrected chi connectivity index (χ4v) is 1.90. The minimum Gasteiger partial charge on any atom is -0.497 e. The van der Waals surface area contributed by atoms with Gasteiger partial charge in [0.2, 0.25) is 0 Å². The molecular formula is C15H13F2NO3. The Morgan fingerprint density at radius 3 is 2.14 bits per heavy atom. The summed E-state index contributed by atoms with van der Waals surface area (Å²) in [5.74, 6) is -2.42. The highest BCUT2D eigenvalue weighted by Crippen LogP contribution is 2.26. The van der Waals surface area contributed by atoms with Gasteiger partial charge in [0.25, 0.3) is 0 Å². The number of halogens is 2. The lowest BCUT2D eigenvalue weighted by atomic mass is 10.0. The van der Waals surface area contributed by atoms with Crippen LogP contribution in [0.4, 0.5) is 14.5 Å². The van der Waals surface area contributed by atoms with Crippen LogP contribution in [0.3, 0.4) is 0 Å². The molecule has 2 rings (SSSR count). The first-order valence-corrected chi connectivity index (χ1v) is 5.99. The zero-order valence-electron chi connectivity index (χ0n) is 11.4. The smallest absolute Gasteiger partial charge is 0.199 e. The topological polar surface area (TPSA) is 61.5 Å². The highest BCUT2D eigenvalue weighted by Gasteiger charge is 2.21. The average molecular weight is 293 g/mol. The zero-order valence-corrected chi connectivity index (χ0v) is 11.4. The number of hydrogen-bond donors (Lipinski definition) is 1. The van der Waals surface area contributed by atoms with E-state index in [9.17, 15) is 13.6 Å². The molecule has 0 radical (unpaired) electrons. The molecule has 21 heavy (non-hydrogen) atoms. The number of rotatable bonds is 4. The van der Waals surface area contributed by atoms with Gasteiger partial charge in [0.05, 0.1) is 25.5 Å². The maximum absolute atomic E-state index is 13.9. The summed E-state index contributed by atoms with van der Waals surface area (Å²) in [6.45, 7) is 0. The Balaban J connectivity index is 2.47. The van der Waals surface area contributed by atoms with Crippen molar-refractivity contribution in [1.82, 2.24) is 0 Å². The molecule has 0 atom stereocenters. The van der Waals surface area contributed by atoms with Crippen molar-refractivity contribution in [3.63, 3.8) is 0 Å². The summed E-state index contributed by atoms with van der Waals surface area (Å²) in [6, 6.07) is 6.05. The quantitative estimate of drug-likeness (QED) is 0.695. The van der Waals surface area contributed by atoms with Gasteiger partial charge in [-0.05, 0) is 18.2 Å². The van der Waals surface area contributed by atoms with E-state index in [0.29, 0.717) is 5.75 Å². The van der Waals surface area contributed by atoms with Crippen molar-refractivity contribution in [3.8, 4) is 11.5 Å².